The second-order valence-corrected chi connectivity index (χ2v) is 5.60. The van der Waals surface area contributed by atoms with Gasteiger partial charge in [-0.1, -0.05) is 24.4 Å². The number of rotatable bonds is 5. The van der Waals surface area contributed by atoms with Crippen LogP contribution in [0.1, 0.15) is 31.2 Å². The van der Waals surface area contributed by atoms with Crippen LogP contribution in [-0.2, 0) is 5.41 Å². The van der Waals surface area contributed by atoms with E-state index in [1.54, 1.807) is 27.4 Å². The molecule has 5 heteroatoms. The molecule has 1 aliphatic carbocycles. The molecule has 0 atom stereocenters. The van der Waals surface area contributed by atoms with Crippen molar-refractivity contribution in [2.45, 2.75) is 31.1 Å². The number of benzene rings is 1. The van der Waals surface area contributed by atoms with Crippen molar-refractivity contribution in [3.05, 3.63) is 16.7 Å². The van der Waals surface area contributed by atoms with Crippen LogP contribution in [0.5, 0.6) is 17.2 Å². The first kappa shape index (κ1) is 15.3. The second-order valence-electron chi connectivity index (χ2n) is 5.19. The van der Waals surface area contributed by atoms with Crippen LogP contribution < -0.4 is 19.9 Å². The molecule has 0 heterocycles. The van der Waals surface area contributed by atoms with Crippen LogP contribution in [0.25, 0.3) is 0 Å². The molecule has 2 N–H and O–H groups in total. The van der Waals surface area contributed by atoms with Gasteiger partial charge in [-0.2, -0.15) is 0 Å². The molecule has 0 aliphatic heterocycles. The molecule has 2 rings (SSSR count). The van der Waals surface area contributed by atoms with Gasteiger partial charge in [0, 0.05) is 23.6 Å². The number of halogens is 1. The van der Waals surface area contributed by atoms with Gasteiger partial charge in [0.1, 0.15) is 0 Å². The Bertz CT molecular complexity index is 484. The predicted octanol–water partition coefficient (Wildman–Crippen LogP) is 3.14. The quantitative estimate of drug-likeness (QED) is 0.907. The van der Waals surface area contributed by atoms with Gasteiger partial charge < -0.3 is 19.9 Å². The average molecular weight is 300 g/mol. The zero-order valence-electron chi connectivity index (χ0n) is 12.3. The summed E-state index contributed by atoms with van der Waals surface area (Å²) < 4.78 is 16.4. The first-order chi connectivity index (χ1) is 9.63. The van der Waals surface area contributed by atoms with Crippen LogP contribution in [-0.4, -0.2) is 27.9 Å². The number of hydrogen-bond acceptors (Lipinski definition) is 4. The van der Waals surface area contributed by atoms with Crippen LogP contribution in [0.2, 0.25) is 5.02 Å². The molecule has 1 aliphatic rings. The molecular formula is C15H22ClNO3. The zero-order valence-corrected chi connectivity index (χ0v) is 13.0. The van der Waals surface area contributed by atoms with E-state index >= 15 is 0 Å². The van der Waals surface area contributed by atoms with E-state index in [1.165, 1.54) is 0 Å². The van der Waals surface area contributed by atoms with Gasteiger partial charge in [-0.15, -0.1) is 0 Å². The van der Waals surface area contributed by atoms with E-state index in [9.17, 15) is 0 Å². The maximum absolute atomic E-state index is 6.50. The number of ether oxygens (including phenoxy) is 3. The van der Waals surface area contributed by atoms with Crippen LogP contribution in [0.3, 0.4) is 0 Å². The van der Waals surface area contributed by atoms with E-state index in [2.05, 4.69) is 0 Å². The number of hydrogen-bond donors (Lipinski definition) is 1. The Hall–Kier alpha value is -1.13. The van der Waals surface area contributed by atoms with Crippen molar-refractivity contribution in [1.82, 2.24) is 0 Å². The highest BCUT2D eigenvalue weighted by Crippen LogP contribution is 2.52. The van der Waals surface area contributed by atoms with E-state index in [0.717, 1.165) is 31.2 Å². The lowest BCUT2D eigenvalue weighted by atomic mass is 9.78. The molecular weight excluding hydrogens is 278 g/mol. The Morgan fingerprint density at radius 1 is 1.10 bits per heavy atom. The smallest absolute Gasteiger partial charge is 0.203 e. The minimum atomic E-state index is -0.123. The SMILES string of the molecule is COc1cc(Cl)c(C2(CN)CCCC2)c(OC)c1OC. The van der Waals surface area contributed by atoms with E-state index < -0.39 is 0 Å². The van der Waals surface area contributed by atoms with Gasteiger partial charge in [0.05, 0.1) is 26.4 Å². The predicted molar refractivity (Wildman–Crippen MR) is 80.3 cm³/mol. The molecule has 0 bridgehead atoms. The standard InChI is InChI=1S/C15H22ClNO3/c1-18-11-8-10(16)12(14(20-3)13(11)19-2)15(9-17)6-4-5-7-15/h8H,4-7,9,17H2,1-3H3. The van der Waals surface area contributed by atoms with Crippen LogP contribution >= 0.6 is 11.6 Å². The molecule has 1 aromatic carbocycles. The molecule has 0 saturated heterocycles. The summed E-state index contributed by atoms with van der Waals surface area (Å²) in [5, 5.41) is 0.631. The fourth-order valence-electron chi connectivity index (χ4n) is 3.23. The van der Waals surface area contributed by atoms with Crippen LogP contribution in [0.4, 0.5) is 0 Å². The van der Waals surface area contributed by atoms with Gasteiger partial charge in [0.15, 0.2) is 11.5 Å². The molecule has 1 fully saturated rings. The van der Waals surface area contributed by atoms with Crippen molar-refractivity contribution in [3.8, 4) is 17.2 Å². The topological polar surface area (TPSA) is 53.7 Å². The number of nitrogens with two attached hydrogens (primary N) is 1. The molecule has 0 aromatic heterocycles. The maximum atomic E-state index is 6.50. The van der Waals surface area contributed by atoms with E-state index in [-0.39, 0.29) is 5.41 Å². The summed E-state index contributed by atoms with van der Waals surface area (Å²) >= 11 is 6.50. The Morgan fingerprint density at radius 2 is 1.70 bits per heavy atom. The number of methoxy groups -OCH3 is 3. The van der Waals surface area contributed by atoms with Gasteiger partial charge in [0.25, 0.3) is 0 Å². The van der Waals surface area contributed by atoms with Gasteiger partial charge >= 0.3 is 0 Å². The summed E-state index contributed by atoms with van der Waals surface area (Å²) in [4.78, 5) is 0. The lowest BCUT2D eigenvalue weighted by molar-refractivity contribution is 0.313. The van der Waals surface area contributed by atoms with Gasteiger partial charge in [0.2, 0.25) is 5.75 Å². The minimum Gasteiger partial charge on any atom is -0.493 e. The lowest BCUT2D eigenvalue weighted by Crippen LogP contribution is -2.33. The molecule has 0 radical (unpaired) electrons. The highest BCUT2D eigenvalue weighted by molar-refractivity contribution is 6.32. The molecule has 0 amide bonds. The first-order valence-electron chi connectivity index (χ1n) is 6.82. The van der Waals surface area contributed by atoms with E-state index in [4.69, 9.17) is 31.5 Å². The first-order valence-corrected chi connectivity index (χ1v) is 7.20. The van der Waals surface area contributed by atoms with Crippen molar-refractivity contribution in [1.29, 1.82) is 0 Å². The third-order valence-electron chi connectivity index (χ3n) is 4.26. The van der Waals surface area contributed by atoms with Crippen molar-refractivity contribution in [3.63, 3.8) is 0 Å². The van der Waals surface area contributed by atoms with Gasteiger partial charge in [-0.05, 0) is 12.8 Å². The second kappa shape index (κ2) is 6.10. The molecule has 20 heavy (non-hydrogen) atoms. The summed E-state index contributed by atoms with van der Waals surface area (Å²) in [6.07, 6.45) is 4.36. The molecule has 0 unspecified atom stereocenters. The minimum absolute atomic E-state index is 0.123. The van der Waals surface area contributed by atoms with E-state index in [0.29, 0.717) is 28.8 Å². The largest absolute Gasteiger partial charge is 0.493 e. The van der Waals surface area contributed by atoms with Crippen molar-refractivity contribution in [2.24, 2.45) is 5.73 Å². The normalized spacial score (nSPS) is 17.1. The van der Waals surface area contributed by atoms with Gasteiger partial charge in [-0.3, -0.25) is 0 Å². The summed E-state index contributed by atoms with van der Waals surface area (Å²) in [7, 11) is 4.81. The monoisotopic (exact) mass is 299 g/mol. The fraction of sp³-hybridized carbons (Fsp3) is 0.600. The Balaban J connectivity index is 2.68. The van der Waals surface area contributed by atoms with Crippen molar-refractivity contribution >= 4 is 11.6 Å². The third-order valence-corrected chi connectivity index (χ3v) is 4.56. The third kappa shape index (κ3) is 2.31. The van der Waals surface area contributed by atoms with Crippen molar-refractivity contribution < 1.29 is 14.2 Å². The van der Waals surface area contributed by atoms with E-state index in [1.807, 2.05) is 0 Å². The summed E-state index contributed by atoms with van der Waals surface area (Å²) in [5.41, 5.74) is 6.90. The summed E-state index contributed by atoms with van der Waals surface area (Å²) in [6, 6.07) is 1.79. The lowest BCUT2D eigenvalue weighted by Gasteiger charge is -2.31. The fourth-order valence-corrected chi connectivity index (χ4v) is 3.61. The molecule has 112 valence electrons. The maximum Gasteiger partial charge on any atom is 0.203 e. The summed E-state index contributed by atoms with van der Waals surface area (Å²) in [6.45, 7) is 0.554. The molecule has 4 nitrogen and oxygen atoms in total. The molecule has 1 saturated carbocycles. The zero-order chi connectivity index (χ0) is 14.8. The van der Waals surface area contributed by atoms with Gasteiger partial charge in [-0.25, -0.2) is 0 Å². The Kier molecular flexibility index (Phi) is 4.66. The Labute approximate surface area is 125 Å². The van der Waals surface area contributed by atoms with Crippen molar-refractivity contribution in [2.75, 3.05) is 27.9 Å². The highest BCUT2D eigenvalue weighted by Gasteiger charge is 2.40. The molecule has 1 aromatic rings. The van der Waals surface area contributed by atoms with Crippen LogP contribution in [0.15, 0.2) is 6.07 Å². The average Bonchev–Trinajstić information content (AvgIpc) is 2.95. The Morgan fingerprint density at radius 3 is 2.15 bits per heavy atom. The van der Waals surface area contributed by atoms with Crippen LogP contribution in [0, 0.1) is 0 Å². The molecule has 0 spiro atoms. The highest BCUT2D eigenvalue weighted by atomic mass is 35.5. The summed E-state index contributed by atoms with van der Waals surface area (Å²) in [5.74, 6) is 1.79.